The Bertz CT molecular complexity index is 586. The van der Waals surface area contributed by atoms with Crippen molar-refractivity contribution in [3.8, 4) is 5.75 Å². The highest BCUT2D eigenvalue weighted by molar-refractivity contribution is 6.29. The van der Waals surface area contributed by atoms with Gasteiger partial charge in [0.1, 0.15) is 17.9 Å². The van der Waals surface area contributed by atoms with Gasteiger partial charge in [0.2, 0.25) is 0 Å². The lowest BCUT2D eigenvalue weighted by Crippen LogP contribution is -2.02. The van der Waals surface area contributed by atoms with E-state index in [9.17, 15) is 4.79 Å². The van der Waals surface area contributed by atoms with Gasteiger partial charge < -0.3 is 9.15 Å². The highest BCUT2D eigenvalue weighted by Gasteiger charge is 2.05. The fraction of sp³-hybridized carbons (Fsp3) is 0.0833. The van der Waals surface area contributed by atoms with Gasteiger partial charge in [-0.1, -0.05) is 30.3 Å². The number of rotatable bonds is 3. The third-order valence-corrected chi connectivity index (χ3v) is 2.11. The van der Waals surface area contributed by atoms with E-state index in [4.69, 9.17) is 20.8 Å². The quantitative estimate of drug-likeness (QED) is 0.770. The summed E-state index contributed by atoms with van der Waals surface area (Å²) in [7, 11) is 0. The molecule has 0 saturated carbocycles. The monoisotopic (exact) mass is 236 g/mol. The molecule has 1 aromatic carbocycles. The second-order valence-electron chi connectivity index (χ2n) is 3.23. The normalized spacial score (nSPS) is 10.3. The highest BCUT2D eigenvalue weighted by atomic mass is 35.5. The Balaban J connectivity index is 2.50. The number of benzene rings is 1. The highest BCUT2D eigenvalue weighted by Crippen LogP contribution is 2.23. The van der Waals surface area contributed by atoms with E-state index in [0.29, 0.717) is 16.4 Å². The Kier molecular flexibility index (Phi) is 2.97. The average molecular weight is 237 g/mol. The first-order valence-corrected chi connectivity index (χ1v) is 5.03. The van der Waals surface area contributed by atoms with Crippen molar-refractivity contribution in [2.75, 3.05) is 6.61 Å². The van der Waals surface area contributed by atoms with Crippen LogP contribution in [0.15, 0.2) is 51.2 Å². The maximum Gasteiger partial charge on any atom is 0.339 e. The molecule has 0 bridgehead atoms. The molecule has 0 unspecified atom stereocenters. The van der Waals surface area contributed by atoms with Crippen LogP contribution in [-0.4, -0.2) is 6.61 Å². The van der Waals surface area contributed by atoms with Crippen molar-refractivity contribution in [3.63, 3.8) is 0 Å². The summed E-state index contributed by atoms with van der Waals surface area (Å²) in [4.78, 5) is 11.2. The minimum atomic E-state index is -0.450. The van der Waals surface area contributed by atoms with Crippen LogP contribution in [0.3, 0.4) is 0 Å². The number of hydrogen-bond acceptors (Lipinski definition) is 3. The molecule has 4 heteroatoms. The lowest BCUT2D eigenvalue weighted by Gasteiger charge is -2.06. The molecule has 2 rings (SSSR count). The van der Waals surface area contributed by atoms with Gasteiger partial charge in [0.05, 0.1) is 11.5 Å². The predicted molar refractivity (Wildman–Crippen MR) is 63.0 cm³/mol. The lowest BCUT2D eigenvalue weighted by atomic mass is 10.2. The Morgan fingerprint density at radius 1 is 1.44 bits per heavy atom. The molecule has 0 aliphatic rings. The summed E-state index contributed by atoms with van der Waals surface area (Å²) in [5.41, 5.74) is 0.0408. The molecule has 0 fully saturated rings. The minimum Gasteiger partial charge on any atom is -0.487 e. The van der Waals surface area contributed by atoms with Gasteiger partial charge >= 0.3 is 5.63 Å². The van der Waals surface area contributed by atoms with Crippen molar-refractivity contribution in [1.82, 2.24) is 0 Å². The molecule has 0 atom stereocenters. The Labute approximate surface area is 96.9 Å². The van der Waals surface area contributed by atoms with E-state index in [2.05, 4.69) is 6.58 Å². The summed E-state index contributed by atoms with van der Waals surface area (Å²) in [6.07, 6.45) is 0. The first-order chi connectivity index (χ1) is 7.66. The van der Waals surface area contributed by atoms with Crippen molar-refractivity contribution < 1.29 is 9.15 Å². The van der Waals surface area contributed by atoms with Crippen LogP contribution >= 0.6 is 11.6 Å². The van der Waals surface area contributed by atoms with Gasteiger partial charge in [-0.3, -0.25) is 0 Å². The molecular formula is C12H9ClO3. The molecule has 1 heterocycles. The minimum absolute atomic E-state index is 0.162. The second-order valence-corrected chi connectivity index (χ2v) is 3.77. The van der Waals surface area contributed by atoms with Crippen LogP contribution in [0.2, 0.25) is 0 Å². The van der Waals surface area contributed by atoms with Crippen LogP contribution < -0.4 is 10.4 Å². The van der Waals surface area contributed by atoms with Crippen molar-refractivity contribution in [2.24, 2.45) is 0 Å². The van der Waals surface area contributed by atoms with Crippen molar-refractivity contribution in [2.45, 2.75) is 0 Å². The third kappa shape index (κ3) is 2.25. The maximum atomic E-state index is 11.2. The molecule has 16 heavy (non-hydrogen) atoms. The number of fused-ring (bicyclic) bond motifs is 1. The smallest absolute Gasteiger partial charge is 0.339 e. The van der Waals surface area contributed by atoms with E-state index in [1.54, 1.807) is 12.1 Å². The third-order valence-electron chi connectivity index (χ3n) is 2.00. The largest absolute Gasteiger partial charge is 0.487 e. The van der Waals surface area contributed by atoms with Crippen LogP contribution in [-0.2, 0) is 0 Å². The Morgan fingerprint density at radius 3 is 2.94 bits per heavy atom. The van der Waals surface area contributed by atoms with Crippen LogP contribution in [0.5, 0.6) is 5.75 Å². The van der Waals surface area contributed by atoms with Crippen molar-refractivity contribution in [3.05, 3.63) is 52.4 Å². The zero-order valence-electron chi connectivity index (χ0n) is 8.40. The molecule has 0 aliphatic heterocycles. The SMILES string of the molecule is C=C(Cl)COc1cc(=O)oc2ccccc12. The fourth-order valence-corrected chi connectivity index (χ4v) is 1.41. The second kappa shape index (κ2) is 4.41. The summed E-state index contributed by atoms with van der Waals surface area (Å²) >= 11 is 5.60. The van der Waals surface area contributed by atoms with E-state index in [-0.39, 0.29) is 6.61 Å². The number of para-hydroxylation sites is 1. The predicted octanol–water partition coefficient (Wildman–Crippen LogP) is 2.92. The molecule has 82 valence electrons. The van der Waals surface area contributed by atoms with E-state index >= 15 is 0 Å². The first kappa shape index (κ1) is 10.8. The molecule has 0 radical (unpaired) electrons. The van der Waals surface area contributed by atoms with Crippen molar-refractivity contribution >= 4 is 22.6 Å². The summed E-state index contributed by atoms with van der Waals surface area (Å²) in [6.45, 7) is 3.67. The van der Waals surface area contributed by atoms with Crippen LogP contribution in [0.1, 0.15) is 0 Å². The molecule has 2 aromatic rings. The van der Waals surface area contributed by atoms with Gasteiger partial charge in [-0.05, 0) is 12.1 Å². The van der Waals surface area contributed by atoms with Gasteiger partial charge in [0.15, 0.2) is 0 Å². The van der Waals surface area contributed by atoms with E-state index in [1.807, 2.05) is 12.1 Å². The summed E-state index contributed by atoms with van der Waals surface area (Å²) in [6, 6.07) is 8.44. The molecule has 0 N–H and O–H groups in total. The number of halogens is 1. The van der Waals surface area contributed by atoms with Crippen LogP contribution in [0.4, 0.5) is 0 Å². The Morgan fingerprint density at radius 2 is 2.19 bits per heavy atom. The molecule has 0 aliphatic carbocycles. The van der Waals surface area contributed by atoms with Crippen LogP contribution in [0.25, 0.3) is 11.0 Å². The standard InChI is InChI=1S/C12H9ClO3/c1-8(13)7-15-11-6-12(14)16-10-5-3-2-4-9(10)11/h2-6H,1,7H2. The van der Waals surface area contributed by atoms with Crippen LogP contribution in [0, 0.1) is 0 Å². The topological polar surface area (TPSA) is 39.4 Å². The zero-order valence-corrected chi connectivity index (χ0v) is 9.16. The maximum absolute atomic E-state index is 11.2. The van der Waals surface area contributed by atoms with Gasteiger partial charge in [0, 0.05) is 5.03 Å². The molecule has 0 saturated heterocycles. The van der Waals surface area contributed by atoms with E-state index < -0.39 is 5.63 Å². The molecule has 1 aromatic heterocycles. The van der Waals surface area contributed by atoms with Gasteiger partial charge in [-0.2, -0.15) is 0 Å². The molecule has 0 spiro atoms. The number of ether oxygens (including phenoxy) is 1. The zero-order chi connectivity index (χ0) is 11.5. The van der Waals surface area contributed by atoms with Gasteiger partial charge in [-0.25, -0.2) is 4.79 Å². The fourth-order valence-electron chi connectivity index (χ4n) is 1.36. The van der Waals surface area contributed by atoms with Gasteiger partial charge in [0.25, 0.3) is 0 Å². The number of hydrogen-bond donors (Lipinski definition) is 0. The van der Waals surface area contributed by atoms with Crippen molar-refractivity contribution in [1.29, 1.82) is 0 Å². The molecular weight excluding hydrogens is 228 g/mol. The summed E-state index contributed by atoms with van der Waals surface area (Å²) < 4.78 is 10.4. The molecule has 3 nitrogen and oxygen atoms in total. The van der Waals surface area contributed by atoms with E-state index in [0.717, 1.165) is 5.39 Å². The Hall–Kier alpha value is -1.74. The first-order valence-electron chi connectivity index (χ1n) is 4.66. The average Bonchev–Trinajstić information content (AvgIpc) is 2.25. The van der Waals surface area contributed by atoms with Gasteiger partial charge in [-0.15, -0.1) is 0 Å². The van der Waals surface area contributed by atoms with E-state index in [1.165, 1.54) is 6.07 Å². The summed E-state index contributed by atoms with van der Waals surface area (Å²) in [5.74, 6) is 0.452. The molecule has 0 amide bonds. The lowest BCUT2D eigenvalue weighted by molar-refractivity contribution is 0.360. The summed E-state index contributed by atoms with van der Waals surface area (Å²) in [5, 5.41) is 1.11.